The van der Waals surface area contributed by atoms with Crippen molar-refractivity contribution in [3.63, 3.8) is 0 Å². The van der Waals surface area contributed by atoms with Crippen molar-refractivity contribution >= 4 is 28.8 Å². The molecule has 0 saturated heterocycles. The molecule has 1 amide bonds. The largest absolute Gasteiger partial charge is 0.388 e. The fourth-order valence-electron chi connectivity index (χ4n) is 1.26. The quantitative estimate of drug-likeness (QED) is 0.645. The van der Waals surface area contributed by atoms with E-state index >= 15 is 0 Å². The average Bonchev–Trinajstić information content (AvgIpc) is 2.16. The fraction of sp³-hybridized carbons (Fsp3) is 0.300. The number of anilines is 1. The van der Waals surface area contributed by atoms with Gasteiger partial charge in [-0.2, -0.15) is 0 Å². The molecule has 5 N–H and O–H groups in total. The topological polar surface area (TPSA) is 94.0 Å². The van der Waals surface area contributed by atoms with E-state index in [0.717, 1.165) is 5.69 Å². The van der Waals surface area contributed by atoms with Gasteiger partial charge in [0.1, 0.15) is 4.99 Å². The molecule has 86 valence electrons. The van der Waals surface area contributed by atoms with Crippen LogP contribution in [0.2, 0.25) is 0 Å². The first-order chi connectivity index (χ1) is 7.49. The molecule has 1 unspecified atom stereocenters. The van der Waals surface area contributed by atoms with Gasteiger partial charge < -0.3 is 16.8 Å². The number of nitrogens with one attached hydrogen (secondary N) is 1. The van der Waals surface area contributed by atoms with Crippen LogP contribution in [0.4, 0.5) is 5.69 Å². The highest BCUT2D eigenvalue weighted by atomic mass is 32.1. The van der Waals surface area contributed by atoms with Crippen molar-refractivity contribution in [3.05, 3.63) is 24.0 Å². The number of thiocarbonyl (C=S) groups is 1. The molecule has 1 aromatic heterocycles. The summed E-state index contributed by atoms with van der Waals surface area (Å²) >= 11 is 4.78. The molecule has 16 heavy (non-hydrogen) atoms. The zero-order chi connectivity index (χ0) is 12.1. The van der Waals surface area contributed by atoms with E-state index in [4.69, 9.17) is 23.7 Å². The molecule has 1 atom stereocenters. The highest BCUT2D eigenvalue weighted by Gasteiger charge is 2.06. The zero-order valence-corrected chi connectivity index (χ0v) is 9.75. The molecule has 1 aromatic rings. The second-order valence-electron chi connectivity index (χ2n) is 3.51. The lowest BCUT2D eigenvalue weighted by Crippen LogP contribution is -2.24. The van der Waals surface area contributed by atoms with Gasteiger partial charge >= 0.3 is 0 Å². The molecular weight excluding hydrogens is 224 g/mol. The van der Waals surface area contributed by atoms with Crippen LogP contribution < -0.4 is 16.8 Å². The Hall–Kier alpha value is -1.69. The number of hydrogen-bond acceptors (Lipinski definition) is 4. The molecule has 0 radical (unpaired) electrons. The number of rotatable bonds is 5. The smallest absolute Gasteiger partial charge is 0.219 e. The van der Waals surface area contributed by atoms with Gasteiger partial charge in [0.25, 0.3) is 0 Å². The molecule has 1 heterocycles. The second kappa shape index (κ2) is 5.41. The Kier molecular flexibility index (Phi) is 4.19. The van der Waals surface area contributed by atoms with Crippen LogP contribution >= 0.6 is 12.2 Å². The Bertz CT molecular complexity index is 390. The average molecular weight is 238 g/mol. The third-order valence-corrected chi connectivity index (χ3v) is 2.15. The SMILES string of the molecule is CC(CC(N)=O)Nc1ccc(C(N)=S)nc1. The Morgan fingerprint density at radius 2 is 2.25 bits per heavy atom. The number of nitrogens with two attached hydrogens (primary N) is 2. The Labute approximate surface area is 99.2 Å². The van der Waals surface area contributed by atoms with Crippen molar-refractivity contribution < 1.29 is 4.79 Å². The number of carbonyl (C=O) groups is 1. The van der Waals surface area contributed by atoms with Gasteiger partial charge in [-0.15, -0.1) is 0 Å². The Morgan fingerprint density at radius 1 is 1.56 bits per heavy atom. The molecule has 0 aliphatic rings. The molecule has 6 heteroatoms. The zero-order valence-electron chi connectivity index (χ0n) is 8.93. The third-order valence-electron chi connectivity index (χ3n) is 1.94. The molecule has 0 aliphatic carbocycles. The molecule has 0 aliphatic heterocycles. The highest BCUT2D eigenvalue weighted by molar-refractivity contribution is 7.80. The van der Waals surface area contributed by atoms with E-state index in [2.05, 4.69) is 10.3 Å². The predicted octanol–water partition coefficient (Wildman–Crippen LogP) is 0.392. The first-order valence-electron chi connectivity index (χ1n) is 4.79. The summed E-state index contributed by atoms with van der Waals surface area (Å²) in [6.07, 6.45) is 1.89. The summed E-state index contributed by atoms with van der Waals surface area (Å²) in [5, 5.41) is 3.09. The summed E-state index contributed by atoms with van der Waals surface area (Å²) in [6, 6.07) is 3.50. The first kappa shape index (κ1) is 12.4. The van der Waals surface area contributed by atoms with E-state index in [1.165, 1.54) is 0 Å². The minimum absolute atomic E-state index is 0.0324. The maximum absolute atomic E-state index is 10.7. The summed E-state index contributed by atoms with van der Waals surface area (Å²) in [5.74, 6) is -0.340. The lowest BCUT2D eigenvalue weighted by molar-refractivity contribution is -0.118. The summed E-state index contributed by atoms with van der Waals surface area (Å²) in [4.78, 5) is 15.0. The maximum atomic E-state index is 10.7. The molecule has 5 nitrogen and oxygen atoms in total. The second-order valence-corrected chi connectivity index (χ2v) is 3.95. The monoisotopic (exact) mass is 238 g/mol. The Morgan fingerprint density at radius 3 is 2.69 bits per heavy atom. The van der Waals surface area contributed by atoms with Crippen LogP contribution in [0, 0.1) is 0 Å². The van der Waals surface area contributed by atoms with Crippen LogP contribution in [-0.4, -0.2) is 21.9 Å². The van der Waals surface area contributed by atoms with Crippen molar-refractivity contribution in [2.45, 2.75) is 19.4 Å². The number of pyridine rings is 1. The first-order valence-corrected chi connectivity index (χ1v) is 5.20. The van der Waals surface area contributed by atoms with Gasteiger partial charge in [-0.05, 0) is 19.1 Å². The van der Waals surface area contributed by atoms with E-state index in [1.807, 2.05) is 6.92 Å². The summed E-state index contributed by atoms with van der Waals surface area (Å²) in [6.45, 7) is 1.87. The van der Waals surface area contributed by atoms with Crippen molar-refractivity contribution in [2.75, 3.05) is 5.32 Å². The minimum atomic E-state index is -0.340. The molecule has 0 fully saturated rings. The van der Waals surface area contributed by atoms with Crippen LogP contribution in [0.25, 0.3) is 0 Å². The standard InChI is InChI=1S/C10H14N4OS/c1-6(4-9(11)15)14-7-2-3-8(10(12)16)13-5-7/h2-3,5-6,14H,4H2,1H3,(H2,11,15)(H2,12,16). The van der Waals surface area contributed by atoms with Gasteiger partial charge in [-0.3, -0.25) is 9.78 Å². The van der Waals surface area contributed by atoms with E-state index in [-0.39, 0.29) is 23.4 Å². The maximum Gasteiger partial charge on any atom is 0.219 e. The lowest BCUT2D eigenvalue weighted by atomic mass is 10.2. The summed E-state index contributed by atoms with van der Waals surface area (Å²) in [7, 11) is 0. The van der Waals surface area contributed by atoms with Crippen LogP contribution in [0.15, 0.2) is 18.3 Å². The Balaban J connectivity index is 2.61. The van der Waals surface area contributed by atoms with Crippen molar-refractivity contribution in [2.24, 2.45) is 11.5 Å². The summed E-state index contributed by atoms with van der Waals surface area (Å²) < 4.78 is 0. The minimum Gasteiger partial charge on any atom is -0.388 e. The molecule has 0 aromatic carbocycles. The van der Waals surface area contributed by atoms with Gasteiger partial charge in [-0.25, -0.2) is 0 Å². The molecule has 0 spiro atoms. The lowest BCUT2D eigenvalue weighted by Gasteiger charge is -2.13. The van der Waals surface area contributed by atoms with Crippen LogP contribution in [0.3, 0.4) is 0 Å². The van der Waals surface area contributed by atoms with E-state index in [0.29, 0.717) is 5.69 Å². The fourth-order valence-corrected chi connectivity index (χ4v) is 1.38. The number of aromatic nitrogens is 1. The number of amides is 1. The van der Waals surface area contributed by atoms with Crippen LogP contribution in [0.1, 0.15) is 19.0 Å². The number of nitrogens with zero attached hydrogens (tertiary/aromatic N) is 1. The van der Waals surface area contributed by atoms with Crippen LogP contribution in [0.5, 0.6) is 0 Å². The van der Waals surface area contributed by atoms with Gasteiger partial charge in [-0.1, -0.05) is 12.2 Å². The van der Waals surface area contributed by atoms with Gasteiger partial charge in [0.05, 0.1) is 17.6 Å². The van der Waals surface area contributed by atoms with Gasteiger partial charge in [0.15, 0.2) is 0 Å². The predicted molar refractivity (Wildman–Crippen MR) is 67.0 cm³/mol. The van der Waals surface area contributed by atoms with E-state index in [9.17, 15) is 4.79 Å². The van der Waals surface area contributed by atoms with Crippen molar-refractivity contribution in [3.8, 4) is 0 Å². The number of primary amides is 1. The van der Waals surface area contributed by atoms with Crippen LogP contribution in [-0.2, 0) is 4.79 Å². The molecule has 0 saturated carbocycles. The normalized spacial score (nSPS) is 11.8. The summed E-state index contributed by atoms with van der Waals surface area (Å²) in [5.41, 5.74) is 11.9. The highest BCUT2D eigenvalue weighted by Crippen LogP contribution is 2.08. The number of hydrogen-bond donors (Lipinski definition) is 3. The molecule has 0 bridgehead atoms. The van der Waals surface area contributed by atoms with Gasteiger partial charge in [0.2, 0.25) is 5.91 Å². The third kappa shape index (κ3) is 3.82. The van der Waals surface area contributed by atoms with Crippen molar-refractivity contribution in [1.82, 2.24) is 4.98 Å². The van der Waals surface area contributed by atoms with Crippen molar-refractivity contribution in [1.29, 1.82) is 0 Å². The van der Waals surface area contributed by atoms with E-state index < -0.39 is 0 Å². The molecule has 1 rings (SSSR count). The molecular formula is C10H14N4OS. The van der Waals surface area contributed by atoms with E-state index in [1.54, 1.807) is 18.3 Å². The van der Waals surface area contributed by atoms with Gasteiger partial charge in [0, 0.05) is 12.5 Å². The number of carbonyl (C=O) groups excluding carboxylic acids is 1.